The van der Waals surface area contributed by atoms with E-state index in [0.29, 0.717) is 11.6 Å². The minimum absolute atomic E-state index is 0.223. The van der Waals surface area contributed by atoms with Crippen molar-refractivity contribution in [3.05, 3.63) is 33.5 Å². The monoisotopic (exact) mass is 355 g/mol. The predicted octanol–water partition coefficient (Wildman–Crippen LogP) is 3.16. The number of benzene rings is 1. The van der Waals surface area contributed by atoms with Crippen LogP contribution in [0.15, 0.2) is 24.3 Å². The number of nitrogen functional groups attached to an aromatic ring is 1. The maximum Gasteiger partial charge on any atom is 0.161 e. The molecule has 2 aromatic rings. The predicted molar refractivity (Wildman–Crippen MR) is 80.4 cm³/mol. The molecule has 2 rings (SSSR count). The maximum atomic E-state index is 9.28. The van der Waals surface area contributed by atoms with Crippen LogP contribution >= 0.6 is 22.6 Å². The fourth-order valence-corrected chi connectivity index (χ4v) is 2.47. The van der Waals surface area contributed by atoms with E-state index < -0.39 is 0 Å². The van der Waals surface area contributed by atoms with E-state index in [-0.39, 0.29) is 11.7 Å². The third-order valence-corrected chi connectivity index (χ3v) is 3.68. The second kappa shape index (κ2) is 5.09. The quantitative estimate of drug-likeness (QED) is 0.812. The maximum absolute atomic E-state index is 9.28. The van der Waals surface area contributed by atoms with Crippen LogP contribution in [0.1, 0.15) is 25.5 Å². The summed E-state index contributed by atoms with van der Waals surface area (Å²) in [6.45, 7) is 4.15. The Morgan fingerprint density at radius 1 is 1.17 bits per heavy atom. The molecule has 1 heterocycles. The molecule has 0 aliphatic carbocycles. The van der Waals surface area contributed by atoms with Crippen molar-refractivity contribution in [2.75, 3.05) is 5.73 Å². The molecule has 0 unspecified atom stereocenters. The van der Waals surface area contributed by atoms with E-state index in [1.54, 1.807) is 24.3 Å². The molecule has 94 valence electrons. The van der Waals surface area contributed by atoms with E-state index >= 15 is 0 Å². The number of phenols is 1. The van der Waals surface area contributed by atoms with Gasteiger partial charge in [0.25, 0.3) is 0 Å². The van der Waals surface area contributed by atoms with Crippen LogP contribution < -0.4 is 5.73 Å². The van der Waals surface area contributed by atoms with Gasteiger partial charge < -0.3 is 10.8 Å². The summed E-state index contributed by atoms with van der Waals surface area (Å²) in [6.07, 6.45) is 0. The highest BCUT2D eigenvalue weighted by Gasteiger charge is 2.13. The van der Waals surface area contributed by atoms with Gasteiger partial charge in [0.05, 0.1) is 9.26 Å². The molecule has 4 nitrogen and oxygen atoms in total. The lowest BCUT2D eigenvalue weighted by Crippen LogP contribution is -2.06. The lowest BCUT2D eigenvalue weighted by molar-refractivity contribution is 0.475. The first-order valence-corrected chi connectivity index (χ1v) is 6.69. The van der Waals surface area contributed by atoms with Gasteiger partial charge in [-0.05, 0) is 52.8 Å². The van der Waals surface area contributed by atoms with Crippen LogP contribution in [0.2, 0.25) is 0 Å². The lowest BCUT2D eigenvalue weighted by atomic mass is 10.1. The van der Waals surface area contributed by atoms with Crippen molar-refractivity contribution >= 4 is 28.4 Å². The Hall–Kier alpha value is -1.37. The Kier molecular flexibility index (Phi) is 3.70. The Morgan fingerprint density at radius 3 is 2.33 bits per heavy atom. The van der Waals surface area contributed by atoms with Crippen molar-refractivity contribution < 1.29 is 5.11 Å². The first kappa shape index (κ1) is 13.1. The molecule has 0 amide bonds. The summed E-state index contributed by atoms with van der Waals surface area (Å²) in [5.74, 6) is 1.60. The fraction of sp³-hybridized carbons (Fsp3) is 0.231. The molecular weight excluding hydrogens is 341 g/mol. The molecule has 0 aliphatic heterocycles. The molecule has 0 atom stereocenters. The lowest BCUT2D eigenvalue weighted by Gasteiger charge is -2.11. The van der Waals surface area contributed by atoms with Gasteiger partial charge in [-0.2, -0.15) is 0 Å². The summed E-state index contributed by atoms with van der Waals surface area (Å²) in [4.78, 5) is 8.85. The zero-order valence-corrected chi connectivity index (χ0v) is 12.3. The fourth-order valence-electron chi connectivity index (χ4n) is 1.60. The summed E-state index contributed by atoms with van der Waals surface area (Å²) >= 11 is 2.17. The zero-order chi connectivity index (χ0) is 13.3. The SMILES string of the molecule is CC(C)c1nc(-c2ccc(O)cc2)nc(N)c1I. The highest BCUT2D eigenvalue weighted by molar-refractivity contribution is 14.1. The molecule has 0 aliphatic rings. The van der Waals surface area contributed by atoms with Crippen molar-refractivity contribution in [2.45, 2.75) is 19.8 Å². The van der Waals surface area contributed by atoms with Crippen LogP contribution in [0.25, 0.3) is 11.4 Å². The highest BCUT2D eigenvalue weighted by atomic mass is 127. The van der Waals surface area contributed by atoms with Crippen molar-refractivity contribution in [2.24, 2.45) is 0 Å². The number of aromatic hydroxyl groups is 1. The largest absolute Gasteiger partial charge is 0.508 e. The van der Waals surface area contributed by atoms with E-state index in [2.05, 4.69) is 46.4 Å². The number of hydrogen-bond acceptors (Lipinski definition) is 4. The number of halogens is 1. The summed E-state index contributed by atoms with van der Waals surface area (Å²) in [5.41, 5.74) is 7.71. The van der Waals surface area contributed by atoms with E-state index in [1.165, 1.54) is 0 Å². The van der Waals surface area contributed by atoms with Gasteiger partial charge in [0, 0.05) is 5.56 Å². The number of nitrogens with two attached hydrogens (primary N) is 1. The van der Waals surface area contributed by atoms with Gasteiger partial charge >= 0.3 is 0 Å². The zero-order valence-electron chi connectivity index (χ0n) is 10.2. The van der Waals surface area contributed by atoms with Crippen LogP contribution in [0.3, 0.4) is 0 Å². The van der Waals surface area contributed by atoms with Crippen molar-refractivity contribution in [3.8, 4) is 17.1 Å². The highest BCUT2D eigenvalue weighted by Crippen LogP contribution is 2.27. The minimum atomic E-state index is 0.223. The molecule has 18 heavy (non-hydrogen) atoms. The summed E-state index contributed by atoms with van der Waals surface area (Å²) in [5, 5.41) is 9.28. The van der Waals surface area contributed by atoms with Crippen LogP contribution in [0, 0.1) is 3.57 Å². The molecule has 1 aromatic heterocycles. The molecule has 5 heteroatoms. The first-order chi connectivity index (χ1) is 8.49. The second-order valence-electron chi connectivity index (χ2n) is 4.33. The molecule has 0 saturated carbocycles. The average molecular weight is 355 g/mol. The van der Waals surface area contributed by atoms with Crippen LogP contribution in [-0.2, 0) is 0 Å². The van der Waals surface area contributed by atoms with Gasteiger partial charge in [-0.3, -0.25) is 0 Å². The topological polar surface area (TPSA) is 72.0 Å². The molecular formula is C13H14IN3O. The normalized spacial score (nSPS) is 10.9. The van der Waals surface area contributed by atoms with Crippen molar-refractivity contribution in [3.63, 3.8) is 0 Å². The Balaban J connectivity index is 2.55. The molecule has 0 fully saturated rings. The second-order valence-corrected chi connectivity index (χ2v) is 5.41. The van der Waals surface area contributed by atoms with Crippen molar-refractivity contribution in [1.29, 1.82) is 0 Å². The van der Waals surface area contributed by atoms with Gasteiger partial charge in [0.2, 0.25) is 0 Å². The van der Waals surface area contributed by atoms with Gasteiger partial charge in [0.1, 0.15) is 11.6 Å². The molecule has 3 N–H and O–H groups in total. The van der Waals surface area contributed by atoms with Crippen LogP contribution in [0.4, 0.5) is 5.82 Å². The minimum Gasteiger partial charge on any atom is -0.508 e. The molecule has 0 saturated heterocycles. The number of hydrogen-bond donors (Lipinski definition) is 2. The van der Waals surface area contributed by atoms with Crippen LogP contribution in [0.5, 0.6) is 5.75 Å². The number of aromatic nitrogens is 2. The summed E-state index contributed by atoms with van der Waals surface area (Å²) in [7, 11) is 0. The molecule has 1 aromatic carbocycles. The van der Waals surface area contributed by atoms with E-state index in [4.69, 9.17) is 5.73 Å². The van der Waals surface area contributed by atoms with E-state index in [0.717, 1.165) is 14.8 Å². The van der Waals surface area contributed by atoms with Gasteiger partial charge in [-0.1, -0.05) is 13.8 Å². The summed E-state index contributed by atoms with van der Waals surface area (Å²) in [6, 6.07) is 6.78. The average Bonchev–Trinajstić information content (AvgIpc) is 2.33. The van der Waals surface area contributed by atoms with E-state index in [1.807, 2.05) is 0 Å². The van der Waals surface area contributed by atoms with E-state index in [9.17, 15) is 5.11 Å². The Labute approximate surface area is 119 Å². The Morgan fingerprint density at radius 2 is 1.78 bits per heavy atom. The number of rotatable bonds is 2. The Bertz CT molecular complexity index is 567. The summed E-state index contributed by atoms with van der Waals surface area (Å²) < 4.78 is 0.908. The van der Waals surface area contributed by atoms with Gasteiger partial charge in [0.15, 0.2) is 5.82 Å². The smallest absolute Gasteiger partial charge is 0.161 e. The first-order valence-electron chi connectivity index (χ1n) is 5.61. The standard InChI is InChI=1S/C13H14IN3O/c1-7(2)11-10(14)12(15)17-13(16-11)8-3-5-9(18)6-4-8/h3-7,18H,1-2H3,(H2,15,16,17). The van der Waals surface area contributed by atoms with Gasteiger partial charge in [-0.25, -0.2) is 9.97 Å². The number of nitrogens with zero attached hydrogens (tertiary/aromatic N) is 2. The van der Waals surface area contributed by atoms with Gasteiger partial charge in [-0.15, -0.1) is 0 Å². The molecule has 0 radical (unpaired) electrons. The third kappa shape index (κ3) is 2.55. The molecule has 0 bridgehead atoms. The molecule has 0 spiro atoms. The number of phenolic OH excluding ortho intramolecular Hbond substituents is 1. The van der Waals surface area contributed by atoms with Crippen LogP contribution in [-0.4, -0.2) is 15.1 Å². The van der Waals surface area contributed by atoms with Crippen molar-refractivity contribution in [1.82, 2.24) is 9.97 Å². The number of anilines is 1. The third-order valence-electron chi connectivity index (χ3n) is 2.57.